The van der Waals surface area contributed by atoms with Gasteiger partial charge in [0, 0.05) is 38.6 Å². The zero-order chi connectivity index (χ0) is 13.9. The lowest BCUT2D eigenvalue weighted by molar-refractivity contribution is -0.145. The van der Waals surface area contributed by atoms with Crippen LogP contribution in [-0.2, 0) is 9.59 Å². The van der Waals surface area contributed by atoms with Crippen molar-refractivity contribution in [3.63, 3.8) is 0 Å². The van der Waals surface area contributed by atoms with Crippen LogP contribution in [0.4, 0.5) is 0 Å². The lowest BCUT2D eigenvalue weighted by Gasteiger charge is -2.32. The van der Waals surface area contributed by atoms with Crippen LogP contribution in [0.15, 0.2) is 0 Å². The van der Waals surface area contributed by atoms with Gasteiger partial charge in [0.25, 0.3) is 0 Å². The zero-order valence-electron chi connectivity index (χ0n) is 12.5. The van der Waals surface area contributed by atoms with Crippen molar-refractivity contribution in [3.8, 4) is 0 Å². The fourth-order valence-corrected chi connectivity index (χ4v) is 3.12. The summed E-state index contributed by atoms with van der Waals surface area (Å²) in [5.41, 5.74) is -0.238. The Bertz CT molecular complexity index is 350. The highest BCUT2D eigenvalue weighted by Gasteiger charge is 2.38. The summed E-state index contributed by atoms with van der Waals surface area (Å²) in [7, 11) is 1.76. The van der Waals surface area contributed by atoms with Gasteiger partial charge in [0.1, 0.15) is 0 Å². The maximum Gasteiger partial charge on any atom is 0.242 e. The van der Waals surface area contributed by atoms with Gasteiger partial charge >= 0.3 is 0 Å². The first-order valence-corrected chi connectivity index (χ1v) is 7.27. The molecule has 0 atom stereocenters. The number of hydrogen-bond donors (Lipinski definition) is 1. The summed E-state index contributed by atoms with van der Waals surface area (Å²) in [6.07, 6.45) is 4.17. The number of likely N-dealkylation sites (N-methyl/N-ethyl adjacent to an activating group) is 1. The molecule has 2 aliphatic rings. The fraction of sp³-hybridized carbons (Fsp3) is 0.857. The van der Waals surface area contributed by atoms with E-state index in [4.69, 9.17) is 0 Å². The largest absolute Gasteiger partial charge is 0.339 e. The van der Waals surface area contributed by atoms with Gasteiger partial charge in [-0.3, -0.25) is 9.59 Å². The first-order chi connectivity index (χ1) is 9.03. The van der Waals surface area contributed by atoms with Crippen LogP contribution >= 0.6 is 12.4 Å². The highest BCUT2D eigenvalue weighted by atomic mass is 35.5. The van der Waals surface area contributed by atoms with Gasteiger partial charge in [-0.1, -0.05) is 19.8 Å². The summed E-state index contributed by atoms with van der Waals surface area (Å²) in [5.74, 6) is 0.201. The van der Waals surface area contributed by atoms with E-state index in [1.165, 1.54) is 0 Å². The average Bonchev–Trinajstić information content (AvgIpc) is 2.87. The number of carbonyl (C=O) groups excluding carboxylic acids is 2. The molecule has 1 aliphatic heterocycles. The van der Waals surface area contributed by atoms with Crippen molar-refractivity contribution < 1.29 is 9.59 Å². The van der Waals surface area contributed by atoms with E-state index in [1.807, 2.05) is 11.8 Å². The summed E-state index contributed by atoms with van der Waals surface area (Å²) in [5, 5.41) is 3.22. The van der Waals surface area contributed by atoms with E-state index in [1.54, 1.807) is 11.9 Å². The molecule has 116 valence electrons. The van der Waals surface area contributed by atoms with Crippen LogP contribution in [-0.4, -0.2) is 61.4 Å². The van der Waals surface area contributed by atoms with Crippen molar-refractivity contribution in [2.45, 2.75) is 32.6 Å². The Hall–Kier alpha value is -0.810. The SMILES string of the molecule is CN(CC(=O)N1CCNCC1)C(=O)C1(C)CCCC1.Cl. The second-order valence-corrected chi connectivity index (χ2v) is 6.06. The molecule has 0 aromatic carbocycles. The Labute approximate surface area is 127 Å². The molecule has 1 N–H and O–H groups in total. The maximum absolute atomic E-state index is 12.4. The molecule has 5 nitrogen and oxygen atoms in total. The zero-order valence-corrected chi connectivity index (χ0v) is 13.3. The molecule has 1 heterocycles. The van der Waals surface area contributed by atoms with E-state index in [2.05, 4.69) is 5.32 Å². The molecule has 2 amide bonds. The molecular formula is C14H26ClN3O2. The van der Waals surface area contributed by atoms with Crippen LogP contribution in [0.5, 0.6) is 0 Å². The number of nitrogens with zero attached hydrogens (tertiary/aromatic N) is 2. The molecule has 1 saturated heterocycles. The smallest absolute Gasteiger partial charge is 0.242 e. The van der Waals surface area contributed by atoms with Crippen molar-refractivity contribution in [1.29, 1.82) is 0 Å². The maximum atomic E-state index is 12.4. The molecule has 0 unspecified atom stereocenters. The van der Waals surface area contributed by atoms with Crippen LogP contribution in [0.1, 0.15) is 32.6 Å². The van der Waals surface area contributed by atoms with Crippen molar-refractivity contribution in [2.75, 3.05) is 39.8 Å². The van der Waals surface area contributed by atoms with Crippen molar-refractivity contribution in [1.82, 2.24) is 15.1 Å². The average molecular weight is 304 g/mol. The molecule has 2 rings (SSSR count). The molecule has 1 saturated carbocycles. The van der Waals surface area contributed by atoms with Crippen molar-refractivity contribution in [3.05, 3.63) is 0 Å². The predicted octanol–water partition coefficient (Wildman–Crippen LogP) is 0.879. The first-order valence-electron chi connectivity index (χ1n) is 7.27. The van der Waals surface area contributed by atoms with Gasteiger partial charge in [-0.15, -0.1) is 12.4 Å². The number of nitrogens with one attached hydrogen (secondary N) is 1. The van der Waals surface area contributed by atoms with Crippen LogP contribution in [0.3, 0.4) is 0 Å². The third-order valence-corrected chi connectivity index (χ3v) is 4.41. The lowest BCUT2D eigenvalue weighted by Crippen LogP contribution is -2.51. The van der Waals surface area contributed by atoms with Crippen molar-refractivity contribution >= 4 is 24.2 Å². The van der Waals surface area contributed by atoms with Gasteiger partial charge in [-0.2, -0.15) is 0 Å². The van der Waals surface area contributed by atoms with E-state index in [0.717, 1.165) is 51.9 Å². The molecule has 6 heteroatoms. The molecule has 2 fully saturated rings. The van der Waals surface area contributed by atoms with E-state index in [0.29, 0.717) is 0 Å². The van der Waals surface area contributed by atoms with Crippen LogP contribution in [0.25, 0.3) is 0 Å². The molecule has 0 aromatic heterocycles. The minimum Gasteiger partial charge on any atom is -0.339 e. The van der Waals surface area contributed by atoms with E-state index < -0.39 is 0 Å². The minimum atomic E-state index is -0.238. The van der Waals surface area contributed by atoms with Gasteiger partial charge in [-0.05, 0) is 12.8 Å². The summed E-state index contributed by atoms with van der Waals surface area (Å²) in [6, 6.07) is 0. The lowest BCUT2D eigenvalue weighted by atomic mass is 9.87. The van der Waals surface area contributed by atoms with Gasteiger partial charge in [0.2, 0.25) is 11.8 Å². The number of rotatable bonds is 3. The highest BCUT2D eigenvalue weighted by Crippen LogP contribution is 2.38. The number of carbonyl (C=O) groups is 2. The molecule has 20 heavy (non-hydrogen) atoms. The van der Waals surface area contributed by atoms with Gasteiger partial charge in [0.15, 0.2) is 0 Å². The third-order valence-electron chi connectivity index (χ3n) is 4.41. The Balaban J connectivity index is 0.00000200. The normalized spacial score (nSPS) is 21.2. The monoisotopic (exact) mass is 303 g/mol. The second-order valence-electron chi connectivity index (χ2n) is 6.06. The fourth-order valence-electron chi connectivity index (χ4n) is 3.12. The summed E-state index contributed by atoms with van der Waals surface area (Å²) < 4.78 is 0. The molecular weight excluding hydrogens is 278 g/mol. The molecule has 0 spiro atoms. The minimum absolute atomic E-state index is 0. The van der Waals surface area contributed by atoms with Gasteiger partial charge < -0.3 is 15.1 Å². The topological polar surface area (TPSA) is 52.7 Å². The Morgan fingerprint density at radius 2 is 1.75 bits per heavy atom. The third kappa shape index (κ3) is 3.85. The molecule has 0 radical (unpaired) electrons. The van der Waals surface area contributed by atoms with Crippen molar-refractivity contribution in [2.24, 2.45) is 5.41 Å². The highest BCUT2D eigenvalue weighted by molar-refractivity contribution is 5.87. The number of hydrogen-bond acceptors (Lipinski definition) is 3. The Morgan fingerprint density at radius 3 is 2.30 bits per heavy atom. The second kappa shape index (κ2) is 7.27. The molecule has 1 aliphatic carbocycles. The molecule has 0 bridgehead atoms. The van der Waals surface area contributed by atoms with Crippen LogP contribution in [0, 0.1) is 5.41 Å². The Kier molecular flexibility index (Phi) is 6.27. The van der Waals surface area contributed by atoms with Crippen LogP contribution in [0.2, 0.25) is 0 Å². The molecule has 0 aromatic rings. The van der Waals surface area contributed by atoms with E-state index >= 15 is 0 Å². The summed E-state index contributed by atoms with van der Waals surface area (Å²) >= 11 is 0. The van der Waals surface area contributed by atoms with Gasteiger partial charge in [-0.25, -0.2) is 0 Å². The predicted molar refractivity (Wildman–Crippen MR) is 80.9 cm³/mol. The first kappa shape index (κ1) is 17.2. The van der Waals surface area contributed by atoms with E-state index in [-0.39, 0.29) is 36.2 Å². The number of halogens is 1. The summed E-state index contributed by atoms with van der Waals surface area (Å²) in [4.78, 5) is 28.0. The summed E-state index contributed by atoms with van der Waals surface area (Å²) in [6.45, 7) is 5.45. The quantitative estimate of drug-likeness (QED) is 0.842. The number of amides is 2. The van der Waals surface area contributed by atoms with Crippen LogP contribution < -0.4 is 5.32 Å². The standard InChI is InChI=1S/C14H25N3O2.ClH/c1-14(5-3-4-6-14)13(19)16(2)11-12(18)17-9-7-15-8-10-17;/h15H,3-11H2,1-2H3;1H. The van der Waals surface area contributed by atoms with E-state index in [9.17, 15) is 9.59 Å². The van der Waals surface area contributed by atoms with Gasteiger partial charge in [0.05, 0.1) is 6.54 Å². The number of piperazine rings is 1. The Morgan fingerprint density at radius 1 is 1.20 bits per heavy atom.